The maximum atomic E-state index is 13.2. The number of amides is 1. The first-order valence-electron chi connectivity index (χ1n) is 5.67. The number of aromatic carboxylic acids is 1. The lowest BCUT2D eigenvalue weighted by Gasteiger charge is -2.10. The molecule has 0 radical (unpaired) electrons. The third kappa shape index (κ3) is 3.68. The van der Waals surface area contributed by atoms with Crippen LogP contribution < -0.4 is 5.32 Å². The molecule has 2 aromatic rings. The van der Waals surface area contributed by atoms with E-state index in [-0.39, 0.29) is 16.8 Å². The second kappa shape index (κ2) is 6.36. The summed E-state index contributed by atoms with van der Waals surface area (Å²) in [6.45, 7) is 0. The van der Waals surface area contributed by atoms with Gasteiger partial charge < -0.3 is 10.4 Å². The molecule has 0 heterocycles. The number of anilines is 1. The molecule has 0 bridgehead atoms. The lowest BCUT2D eigenvalue weighted by Crippen LogP contribution is -2.15. The summed E-state index contributed by atoms with van der Waals surface area (Å²) in [4.78, 5) is 23.3. The number of hydrogen-bond acceptors (Lipinski definition) is 2. The number of benzene rings is 2. The highest BCUT2D eigenvalue weighted by Gasteiger charge is 2.16. The van der Waals surface area contributed by atoms with Crippen LogP contribution in [0.2, 0.25) is 0 Å². The first-order chi connectivity index (χ1) is 9.88. The Labute approximate surface area is 136 Å². The molecule has 0 saturated heterocycles. The quantitative estimate of drug-likeness (QED) is 0.783. The maximum absolute atomic E-state index is 13.2. The standard InChI is InChI=1S/C14H8Br2FNO3/c15-7-1-4-12(10(5-7)14(20)21)18-13(19)9-6-8(17)2-3-11(9)16/h1-6H,(H,18,19)(H,20,21). The molecular weight excluding hydrogens is 409 g/mol. The fraction of sp³-hybridized carbons (Fsp3) is 0. The average molecular weight is 417 g/mol. The Morgan fingerprint density at radius 2 is 1.76 bits per heavy atom. The summed E-state index contributed by atoms with van der Waals surface area (Å²) in [5.41, 5.74) is 0.145. The Morgan fingerprint density at radius 1 is 1.05 bits per heavy atom. The van der Waals surface area contributed by atoms with Crippen molar-refractivity contribution in [2.75, 3.05) is 5.32 Å². The minimum absolute atomic E-state index is 0.0646. The highest BCUT2D eigenvalue weighted by Crippen LogP contribution is 2.24. The zero-order valence-electron chi connectivity index (χ0n) is 10.4. The molecule has 0 aliphatic rings. The molecule has 7 heteroatoms. The first-order valence-corrected chi connectivity index (χ1v) is 7.26. The van der Waals surface area contributed by atoms with Gasteiger partial charge >= 0.3 is 5.97 Å². The number of halogens is 3. The van der Waals surface area contributed by atoms with Crippen molar-refractivity contribution < 1.29 is 19.1 Å². The van der Waals surface area contributed by atoms with Crippen LogP contribution in [-0.2, 0) is 0 Å². The van der Waals surface area contributed by atoms with Gasteiger partial charge in [0.2, 0.25) is 0 Å². The summed E-state index contributed by atoms with van der Waals surface area (Å²) in [6.07, 6.45) is 0. The monoisotopic (exact) mass is 415 g/mol. The van der Waals surface area contributed by atoms with Crippen molar-refractivity contribution in [2.24, 2.45) is 0 Å². The topological polar surface area (TPSA) is 66.4 Å². The molecule has 0 fully saturated rings. The molecule has 1 amide bonds. The van der Waals surface area contributed by atoms with E-state index < -0.39 is 17.7 Å². The van der Waals surface area contributed by atoms with Crippen molar-refractivity contribution in [3.05, 3.63) is 62.3 Å². The van der Waals surface area contributed by atoms with Gasteiger partial charge in [0.1, 0.15) is 5.82 Å². The molecule has 108 valence electrons. The Morgan fingerprint density at radius 3 is 2.43 bits per heavy atom. The molecule has 2 rings (SSSR count). The third-order valence-electron chi connectivity index (χ3n) is 2.63. The minimum Gasteiger partial charge on any atom is -0.478 e. The molecule has 0 aliphatic heterocycles. The lowest BCUT2D eigenvalue weighted by molar-refractivity contribution is 0.0698. The van der Waals surface area contributed by atoms with E-state index in [2.05, 4.69) is 37.2 Å². The van der Waals surface area contributed by atoms with E-state index in [9.17, 15) is 14.0 Å². The predicted octanol–water partition coefficient (Wildman–Crippen LogP) is 4.30. The van der Waals surface area contributed by atoms with Gasteiger partial charge in [-0.25, -0.2) is 9.18 Å². The molecule has 21 heavy (non-hydrogen) atoms. The lowest BCUT2D eigenvalue weighted by atomic mass is 10.1. The van der Waals surface area contributed by atoms with Gasteiger partial charge in [0, 0.05) is 8.95 Å². The van der Waals surface area contributed by atoms with E-state index in [4.69, 9.17) is 5.11 Å². The average Bonchev–Trinajstić information content (AvgIpc) is 2.43. The van der Waals surface area contributed by atoms with Crippen molar-refractivity contribution in [1.82, 2.24) is 0 Å². The number of carbonyl (C=O) groups is 2. The Hall–Kier alpha value is -1.73. The molecule has 0 aliphatic carbocycles. The van der Waals surface area contributed by atoms with Gasteiger partial charge in [-0.3, -0.25) is 4.79 Å². The van der Waals surface area contributed by atoms with Crippen LogP contribution in [0.4, 0.5) is 10.1 Å². The van der Waals surface area contributed by atoms with Crippen LogP contribution in [0, 0.1) is 5.82 Å². The molecular formula is C14H8Br2FNO3. The molecule has 0 spiro atoms. The van der Waals surface area contributed by atoms with Gasteiger partial charge in [-0.05, 0) is 52.3 Å². The summed E-state index contributed by atoms with van der Waals surface area (Å²) in [6, 6.07) is 8.12. The number of carbonyl (C=O) groups excluding carboxylic acids is 1. The first kappa shape index (κ1) is 15.7. The molecule has 2 aromatic carbocycles. The summed E-state index contributed by atoms with van der Waals surface area (Å²) < 4.78 is 14.2. The number of hydrogen-bond donors (Lipinski definition) is 2. The number of carboxylic acids is 1. The van der Waals surface area contributed by atoms with E-state index in [1.165, 1.54) is 24.3 Å². The largest absolute Gasteiger partial charge is 0.478 e. The molecule has 0 unspecified atom stereocenters. The van der Waals surface area contributed by atoms with Gasteiger partial charge in [-0.2, -0.15) is 0 Å². The Balaban J connectivity index is 2.36. The number of carboxylic acid groups (broad SMARTS) is 1. The molecule has 0 aromatic heterocycles. The van der Waals surface area contributed by atoms with Gasteiger partial charge in [-0.1, -0.05) is 15.9 Å². The highest BCUT2D eigenvalue weighted by molar-refractivity contribution is 9.10. The normalized spacial score (nSPS) is 10.2. The van der Waals surface area contributed by atoms with Crippen molar-refractivity contribution in [2.45, 2.75) is 0 Å². The fourth-order valence-corrected chi connectivity index (χ4v) is 2.45. The van der Waals surface area contributed by atoms with E-state index in [0.717, 1.165) is 6.07 Å². The fourth-order valence-electron chi connectivity index (χ4n) is 1.66. The van der Waals surface area contributed by atoms with Crippen molar-refractivity contribution in [1.29, 1.82) is 0 Å². The van der Waals surface area contributed by atoms with Gasteiger partial charge in [0.15, 0.2) is 0 Å². The number of nitrogens with one attached hydrogen (secondary N) is 1. The summed E-state index contributed by atoms with van der Waals surface area (Å²) >= 11 is 6.32. The molecule has 0 atom stereocenters. The summed E-state index contributed by atoms with van der Waals surface area (Å²) in [5.74, 6) is -2.34. The smallest absolute Gasteiger partial charge is 0.337 e. The van der Waals surface area contributed by atoms with E-state index in [1.807, 2.05) is 0 Å². The van der Waals surface area contributed by atoms with Crippen LogP contribution in [0.1, 0.15) is 20.7 Å². The van der Waals surface area contributed by atoms with Crippen molar-refractivity contribution in [3.63, 3.8) is 0 Å². The zero-order valence-corrected chi connectivity index (χ0v) is 13.5. The third-order valence-corrected chi connectivity index (χ3v) is 3.82. The van der Waals surface area contributed by atoms with Crippen molar-refractivity contribution >= 4 is 49.4 Å². The summed E-state index contributed by atoms with van der Waals surface area (Å²) in [5, 5.41) is 11.6. The Kier molecular flexibility index (Phi) is 4.74. The van der Waals surface area contributed by atoms with E-state index >= 15 is 0 Å². The number of rotatable bonds is 3. The molecule has 2 N–H and O–H groups in total. The second-order valence-corrected chi connectivity index (χ2v) is 5.84. The van der Waals surface area contributed by atoms with Crippen molar-refractivity contribution in [3.8, 4) is 0 Å². The van der Waals surface area contributed by atoms with Gasteiger partial charge in [0.25, 0.3) is 5.91 Å². The molecule has 0 saturated carbocycles. The van der Waals surface area contributed by atoms with Gasteiger partial charge in [0.05, 0.1) is 16.8 Å². The van der Waals surface area contributed by atoms with Crippen LogP contribution in [0.5, 0.6) is 0 Å². The van der Waals surface area contributed by atoms with Crippen LogP contribution in [0.25, 0.3) is 0 Å². The highest BCUT2D eigenvalue weighted by atomic mass is 79.9. The van der Waals surface area contributed by atoms with Gasteiger partial charge in [-0.15, -0.1) is 0 Å². The zero-order chi connectivity index (χ0) is 15.6. The summed E-state index contributed by atoms with van der Waals surface area (Å²) in [7, 11) is 0. The Bertz CT molecular complexity index is 734. The van der Waals surface area contributed by atoms with E-state index in [0.29, 0.717) is 8.95 Å². The van der Waals surface area contributed by atoms with Crippen LogP contribution in [-0.4, -0.2) is 17.0 Å². The second-order valence-electron chi connectivity index (χ2n) is 4.07. The van der Waals surface area contributed by atoms with Crippen LogP contribution in [0.15, 0.2) is 45.3 Å². The minimum atomic E-state index is -1.18. The van der Waals surface area contributed by atoms with E-state index in [1.54, 1.807) is 6.07 Å². The van der Waals surface area contributed by atoms with Crippen LogP contribution in [0.3, 0.4) is 0 Å². The SMILES string of the molecule is O=C(Nc1ccc(Br)cc1C(=O)O)c1cc(F)ccc1Br. The van der Waals surface area contributed by atoms with Crippen LogP contribution >= 0.6 is 31.9 Å². The predicted molar refractivity (Wildman–Crippen MR) is 83.2 cm³/mol. The maximum Gasteiger partial charge on any atom is 0.337 e. The molecule has 4 nitrogen and oxygen atoms in total.